The molecule has 0 unspecified atom stereocenters. The van der Waals surface area contributed by atoms with Gasteiger partial charge < -0.3 is 14.6 Å². The maximum absolute atomic E-state index is 12.1. The number of nitrogens with zero attached hydrogens (tertiary/aromatic N) is 4. The lowest BCUT2D eigenvalue weighted by Gasteiger charge is -1.99. The van der Waals surface area contributed by atoms with E-state index in [1.54, 1.807) is 31.2 Å². The Bertz CT molecular complexity index is 976. The molecular weight excluding hydrogens is 438 g/mol. The van der Waals surface area contributed by atoms with E-state index in [9.17, 15) is 9.59 Å². The van der Waals surface area contributed by atoms with Gasteiger partial charge in [-0.2, -0.15) is 4.98 Å². The molecule has 1 amide bonds. The molecular formula is C17H16ClN5O4S2. The average molecular weight is 454 g/mol. The van der Waals surface area contributed by atoms with Crippen molar-refractivity contribution in [1.82, 2.24) is 20.3 Å². The van der Waals surface area contributed by atoms with Crippen LogP contribution in [0.4, 0.5) is 5.13 Å². The average Bonchev–Trinajstić information content (AvgIpc) is 3.35. The molecule has 0 atom stereocenters. The van der Waals surface area contributed by atoms with E-state index in [0.717, 1.165) is 5.56 Å². The summed E-state index contributed by atoms with van der Waals surface area (Å²) in [5.41, 5.74) is 0.774. The van der Waals surface area contributed by atoms with E-state index in [0.29, 0.717) is 32.8 Å². The summed E-state index contributed by atoms with van der Waals surface area (Å²) in [4.78, 5) is 27.7. The Kier molecular flexibility index (Phi) is 7.55. The zero-order valence-corrected chi connectivity index (χ0v) is 17.6. The molecule has 2 aromatic heterocycles. The van der Waals surface area contributed by atoms with Gasteiger partial charge in [-0.15, -0.1) is 10.2 Å². The molecule has 0 bridgehead atoms. The van der Waals surface area contributed by atoms with Gasteiger partial charge in [0.15, 0.2) is 4.34 Å². The summed E-state index contributed by atoms with van der Waals surface area (Å²) < 4.78 is 10.6. The Balaban J connectivity index is 1.46. The molecule has 0 saturated heterocycles. The molecule has 0 aliphatic rings. The molecule has 3 rings (SSSR count). The summed E-state index contributed by atoms with van der Waals surface area (Å²) in [6.45, 7) is 2.08. The minimum absolute atomic E-state index is 0.142. The predicted octanol–water partition coefficient (Wildman–Crippen LogP) is 3.47. The Morgan fingerprint density at radius 3 is 2.83 bits per heavy atom. The molecule has 12 heteroatoms. The summed E-state index contributed by atoms with van der Waals surface area (Å²) in [5.74, 6) is 0.353. The Morgan fingerprint density at radius 2 is 2.07 bits per heavy atom. The minimum atomic E-state index is -0.323. The highest BCUT2D eigenvalue weighted by Gasteiger charge is 2.13. The number of carbonyl (C=O) groups excluding carboxylic acids is 2. The zero-order valence-electron chi connectivity index (χ0n) is 15.3. The predicted molar refractivity (Wildman–Crippen MR) is 109 cm³/mol. The van der Waals surface area contributed by atoms with Crippen LogP contribution in [0.5, 0.6) is 0 Å². The molecule has 1 N–H and O–H groups in total. The molecule has 29 heavy (non-hydrogen) atoms. The number of anilines is 1. The topological polar surface area (TPSA) is 120 Å². The molecule has 0 aliphatic heterocycles. The van der Waals surface area contributed by atoms with Crippen molar-refractivity contribution in [2.24, 2.45) is 0 Å². The molecule has 9 nitrogen and oxygen atoms in total. The Hall–Kier alpha value is -2.50. The number of carbonyl (C=O) groups is 2. The largest absolute Gasteiger partial charge is 0.465 e. The number of hydrogen-bond acceptors (Lipinski definition) is 10. The zero-order chi connectivity index (χ0) is 20.6. The van der Waals surface area contributed by atoms with Crippen LogP contribution in [0.2, 0.25) is 5.02 Å². The normalized spacial score (nSPS) is 10.7. The van der Waals surface area contributed by atoms with Crippen LogP contribution in [-0.4, -0.2) is 44.6 Å². The molecule has 152 valence electrons. The fraction of sp³-hybridized carbons (Fsp3) is 0.294. The maximum Gasteiger partial charge on any atom is 0.316 e. The molecule has 1 aromatic carbocycles. The molecule has 0 saturated carbocycles. The first-order chi connectivity index (χ1) is 14.0. The van der Waals surface area contributed by atoms with Crippen molar-refractivity contribution >= 4 is 51.7 Å². The monoisotopic (exact) mass is 453 g/mol. The fourth-order valence-corrected chi connectivity index (χ4v) is 3.81. The highest BCUT2D eigenvalue weighted by Crippen LogP contribution is 2.25. The van der Waals surface area contributed by atoms with Crippen molar-refractivity contribution in [2.45, 2.75) is 24.1 Å². The second-order valence-corrected chi connectivity index (χ2v) is 8.17. The molecule has 0 radical (unpaired) electrons. The van der Waals surface area contributed by atoms with Crippen molar-refractivity contribution in [3.8, 4) is 11.4 Å². The van der Waals surface area contributed by atoms with E-state index >= 15 is 0 Å². The quantitative estimate of drug-likeness (QED) is 0.295. The second kappa shape index (κ2) is 10.3. The number of rotatable bonds is 9. The minimum Gasteiger partial charge on any atom is -0.465 e. The number of ether oxygens (including phenoxy) is 1. The maximum atomic E-state index is 12.1. The highest BCUT2D eigenvalue weighted by atomic mass is 35.5. The van der Waals surface area contributed by atoms with Gasteiger partial charge >= 0.3 is 5.97 Å². The molecule has 0 fully saturated rings. The summed E-state index contributed by atoms with van der Waals surface area (Å²) in [6, 6.07) is 7.05. The third kappa shape index (κ3) is 6.51. The Labute approximate surface area is 179 Å². The smallest absolute Gasteiger partial charge is 0.316 e. The number of nitrogens with one attached hydrogen (secondary N) is 1. The number of benzene rings is 1. The van der Waals surface area contributed by atoms with Crippen molar-refractivity contribution < 1.29 is 18.8 Å². The van der Waals surface area contributed by atoms with Gasteiger partial charge in [0.05, 0.1) is 12.4 Å². The van der Waals surface area contributed by atoms with Crippen LogP contribution in [0, 0.1) is 0 Å². The number of hydrogen-bond donors (Lipinski definition) is 1. The third-order valence-electron chi connectivity index (χ3n) is 3.41. The van der Waals surface area contributed by atoms with E-state index in [2.05, 4.69) is 25.7 Å². The van der Waals surface area contributed by atoms with Crippen LogP contribution in [0.15, 0.2) is 33.1 Å². The van der Waals surface area contributed by atoms with Gasteiger partial charge in [-0.25, -0.2) is 0 Å². The van der Waals surface area contributed by atoms with Crippen LogP contribution in [0.1, 0.15) is 19.2 Å². The van der Waals surface area contributed by atoms with Crippen molar-refractivity contribution in [1.29, 1.82) is 0 Å². The van der Waals surface area contributed by atoms with Crippen molar-refractivity contribution in [3.63, 3.8) is 0 Å². The van der Waals surface area contributed by atoms with Gasteiger partial charge in [-0.05, 0) is 31.2 Å². The number of esters is 1. The molecule has 3 aromatic rings. The Morgan fingerprint density at radius 1 is 1.28 bits per heavy atom. The van der Waals surface area contributed by atoms with Crippen LogP contribution >= 0.6 is 34.7 Å². The first-order valence-corrected chi connectivity index (χ1v) is 10.7. The highest BCUT2D eigenvalue weighted by molar-refractivity contribution is 8.01. The number of thioether (sulfide) groups is 1. The summed E-state index contributed by atoms with van der Waals surface area (Å²) in [6.07, 6.45) is 0.433. The van der Waals surface area contributed by atoms with E-state index in [1.165, 1.54) is 23.1 Å². The number of aromatic nitrogens is 4. The van der Waals surface area contributed by atoms with E-state index in [-0.39, 0.29) is 30.5 Å². The van der Waals surface area contributed by atoms with Crippen LogP contribution in [0.25, 0.3) is 11.4 Å². The van der Waals surface area contributed by atoms with Gasteiger partial charge in [0, 0.05) is 23.4 Å². The first-order valence-electron chi connectivity index (χ1n) is 8.53. The van der Waals surface area contributed by atoms with E-state index in [1.807, 2.05) is 0 Å². The summed E-state index contributed by atoms with van der Waals surface area (Å²) >= 11 is 8.25. The standard InChI is InChI=1S/C17H16ClN5O4S2/c1-2-26-14(25)9-28-17-22-21-16(29-17)19-12(24)7-8-13-20-15(23-27-13)10-3-5-11(18)6-4-10/h3-6H,2,7-9H2,1H3,(H,19,21,24). The van der Waals surface area contributed by atoms with Crippen molar-refractivity contribution in [2.75, 3.05) is 17.7 Å². The van der Waals surface area contributed by atoms with Crippen LogP contribution in [-0.2, 0) is 20.7 Å². The third-order valence-corrected chi connectivity index (χ3v) is 5.61. The lowest BCUT2D eigenvalue weighted by molar-refractivity contribution is -0.139. The molecule has 0 spiro atoms. The molecule has 2 heterocycles. The van der Waals surface area contributed by atoms with Gasteiger partial charge in [0.2, 0.25) is 22.8 Å². The van der Waals surface area contributed by atoms with Crippen molar-refractivity contribution in [3.05, 3.63) is 35.2 Å². The van der Waals surface area contributed by atoms with Crippen LogP contribution in [0.3, 0.4) is 0 Å². The SMILES string of the molecule is CCOC(=O)CSc1nnc(NC(=O)CCc2nc(-c3ccc(Cl)cc3)no2)s1. The van der Waals surface area contributed by atoms with Crippen LogP contribution < -0.4 is 5.32 Å². The summed E-state index contributed by atoms with van der Waals surface area (Å²) in [5, 5.41) is 15.4. The summed E-state index contributed by atoms with van der Waals surface area (Å²) in [7, 11) is 0. The second-order valence-electron chi connectivity index (χ2n) is 5.53. The van der Waals surface area contributed by atoms with E-state index < -0.39 is 0 Å². The van der Waals surface area contributed by atoms with Gasteiger partial charge in [-0.1, -0.05) is 39.9 Å². The van der Waals surface area contributed by atoms with Gasteiger partial charge in [-0.3, -0.25) is 9.59 Å². The number of halogens is 1. The van der Waals surface area contributed by atoms with Gasteiger partial charge in [0.25, 0.3) is 0 Å². The lowest BCUT2D eigenvalue weighted by atomic mass is 10.2. The first kappa shape index (κ1) is 21.2. The van der Waals surface area contributed by atoms with Gasteiger partial charge in [0.1, 0.15) is 0 Å². The molecule has 0 aliphatic carbocycles. The number of aryl methyl sites for hydroxylation is 1. The van der Waals surface area contributed by atoms with E-state index in [4.69, 9.17) is 20.9 Å². The lowest BCUT2D eigenvalue weighted by Crippen LogP contribution is -2.12. The fourth-order valence-electron chi connectivity index (χ4n) is 2.12. The number of amides is 1.